The van der Waals surface area contributed by atoms with Crippen molar-refractivity contribution >= 4 is 27.6 Å². The van der Waals surface area contributed by atoms with Crippen molar-refractivity contribution < 1.29 is 33.0 Å². The Morgan fingerprint density at radius 2 is 1.59 bits per heavy atom. The van der Waals surface area contributed by atoms with Gasteiger partial charge in [-0.05, 0) is 42.4 Å². The van der Waals surface area contributed by atoms with Crippen LogP contribution in [0.1, 0.15) is 63.4 Å². The molecule has 3 amide bonds. The maximum Gasteiger partial charge on any atom is 0.253 e. The molecule has 44 heavy (non-hydrogen) atoms. The number of amides is 3. The summed E-state index contributed by atoms with van der Waals surface area (Å²) >= 11 is 0. The molecule has 11 nitrogen and oxygen atoms in total. The van der Waals surface area contributed by atoms with Crippen molar-refractivity contribution in [2.75, 3.05) is 18.1 Å². The third-order valence-corrected chi connectivity index (χ3v) is 8.99. The Kier molecular flexibility index (Phi) is 14.9. The second-order valence-corrected chi connectivity index (χ2v) is 14.2. The summed E-state index contributed by atoms with van der Waals surface area (Å²) in [6.45, 7) is 9.62. The second-order valence-electron chi connectivity index (χ2n) is 11.9. The Morgan fingerprint density at radius 1 is 0.909 bits per heavy atom. The van der Waals surface area contributed by atoms with Crippen molar-refractivity contribution in [1.29, 1.82) is 0 Å². The molecule has 2 aromatic rings. The Morgan fingerprint density at radius 3 is 2.16 bits per heavy atom. The van der Waals surface area contributed by atoms with Crippen LogP contribution in [-0.2, 0) is 25.8 Å². The summed E-state index contributed by atoms with van der Waals surface area (Å²) < 4.78 is 25.8. The van der Waals surface area contributed by atoms with Gasteiger partial charge in [-0.15, -0.1) is 0 Å². The zero-order chi connectivity index (χ0) is 32.9. The third-order valence-electron chi connectivity index (χ3n) is 7.24. The van der Waals surface area contributed by atoms with E-state index in [9.17, 15) is 33.0 Å². The van der Waals surface area contributed by atoms with Crippen molar-refractivity contribution in [3.05, 3.63) is 66.0 Å². The first-order valence-corrected chi connectivity index (χ1v) is 17.0. The smallest absolute Gasteiger partial charge is 0.253 e. The first-order valence-electron chi connectivity index (χ1n) is 15.1. The van der Waals surface area contributed by atoms with Crippen LogP contribution in [0.2, 0.25) is 0 Å². The molecule has 0 fully saturated rings. The molecule has 5 unspecified atom stereocenters. The summed E-state index contributed by atoms with van der Waals surface area (Å²) in [5, 5.41) is 30.8. The maximum absolute atomic E-state index is 13.7. The van der Waals surface area contributed by atoms with Gasteiger partial charge in [0, 0.05) is 18.9 Å². The molecule has 2 rings (SSSR count). The van der Waals surface area contributed by atoms with Crippen LogP contribution in [0.25, 0.3) is 0 Å². The van der Waals surface area contributed by atoms with Crippen LogP contribution in [0, 0.1) is 17.8 Å². The van der Waals surface area contributed by atoms with E-state index in [-0.39, 0.29) is 29.6 Å². The van der Waals surface area contributed by atoms with E-state index in [0.717, 1.165) is 5.56 Å². The number of unbranched alkanes of at least 4 members (excludes halogenated alkanes) is 1. The van der Waals surface area contributed by atoms with Crippen molar-refractivity contribution in [3.63, 3.8) is 0 Å². The van der Waals surface area contributed by atoms with Gasteiger partial charge in [-0.25, -0.2) is 8.42 Å². The summed E-state index contributed by atoms with van der Waals surface area (Å²) in [5.74, 6) is -3.95. The first-order chi connectivity index (χ1) is 20.8. The number of aliphatic hydroxyl groups is 2. The van der Waals surface area contributed by atoms with Crippen LogP contribution in [0.3, 0.4) is 0 Å². The van der Waals surface area contributed by atoms with Gasteiger partial charge < -0.3 is 26.2 Å². The lowest BCUT2D eigenvalue weighted by Gasteiger charge is -2.34. The van der Waals surface area contributed by atoms with Gasteiger partial charge in [0.2, 0.25) is 11.8 Å². The number of aromatic nitrogens is 1. The highest BCUT2D eigenvalue weighted by Crippen LogP contribution is 2.22. The SMILES string of the molecule is CCCCS(=O)(=O)CC(NC(=O)c1cccnc1)C(=O)NC(Cc1ccccc1)C(O)C(O)C(C(=O)NCC(C)C)C(C)C. The Balaban J connectivity index is 2.41. The molecular formula is C32H48N4O7S. The number of sulfone groups is 1. The van der Waals surface area contributed by atoms with Crippen molar-refractivity contribution in [2.24, 2.45) is 17.8 Å². The molecule has 0 aliphatic rings. The van der Waals surface area contributed by atoms with Gasteiger partial charge in [-0.2, -0.15) is 0 Å². The predicted molar refractivity (Wildman–Crippen MR) is 169 cm³/mol. The second kappa shape index (κ2) is 17.8. The minimum Gasteiger partial charge on any atom is -0.390 e. The van der Waals surface area contributed by atoms with E-state index in [1.54, 1.807) is 44.2 Å². The van der Waals surface area contributed by atoms with E-state index in [0.29, 0.717) is 19.4 Å². The topological polar surface area (TPSA) is 175 Å². The first kappa shape index (κ1) is 36.8. The summed E-state index contributed by atoms with van der Waals surface area (Å²) in [7, 11) is -3.75. The molecule has 0 bridgehead atoms. The van der Waals surface area contributed by atoms with Crippen molar-refractivity contribution in [1.82, 2.24) is 20.9 Å². The molecule has 0 spiro atoms. The highest BCUT2D eigenvalue weighted by Gasteiger charge is 2.39. The number of carbonyl (C=O) groups is 3. The van der Waals surface area contributed by atoms with Crippen LogP contribution in [0.5, 0.6) is 0 Å². The molecule has 1 aromatic heterocycles. The normalized spacial score (nSPS) is 15.2. The number of benzene rings is 1. The van der Waals surface area contributed by atoms with E-state index >= 15 is 0 Å². The lowest BCUT2D eigenvalue weighted by atomic mass is 9.83. The van der Waals surface area contributed by atoms with Crippen LogP contribution in [-0.4, -0.2) is 83.7 Å². The number of carbonyl (C=O) groups excluding carboxylic acids is 3. The van der Waals surface area contributed by atoms with Crippen LogP contribution < -0.4 is 16.0 Å². The number of hydrogen-bond acceptors (Lipinski definition) is 8. The predicted octanol–water partition coefficient (Wildman–Crippen LogP) is 1.89. The van der Waals surface area contributed by atoms with Gasteiger partial charge in [0.15, 0.2) is 9.84 Å². The molecule has 0 saturated heterocycles. The molecule has 0 aliphatic carbocycles. The standard InChI is InChI=1S/C32H48N4O7S/c1-6-7-16-44(42,43)20-26(36-30(39)24-14-11-15-33-19-24)31(40)35-25(17-23-12-9-8-10-13-23)28(37)29(38)27(22(4)5)32(41)34-18-21(2)3/h8-15,19,21-22,25-29,37-38H,6-7,16-18,20H2,1-5H3,(H,34,41)(H,35,40)(H,36,39). The number of pyridine rings is 1. The number of nitrogens with one attached hydrogen (secondary N) is 3. The molecule has 5 atom stereocenters. The highest BCUT2D eigenvalue weighted by atomic mass is 32.2. The Bertz CT molecular complexity index is 1290. The summed E-state index contributed by atoms with van der Waals surface area (Å²) in [5.41, 5.74) is 0.862. The molecule has 1 heterocycles. The fraction of sp³-hybridized carbons (Fsp3) is 0.562. The van der Waals surface area contributed by atoms with Gasteiger partial charge in [-0.1, -0.05) is 71.4 Å². The van der Waals surface area contributed by atoms with Crippen LogP contribution in [0.4, 0.5) is 0 Å². The van der Waals surface area contributed by atoms with Crippen LogP contribution in [0.15, 0.2) is 54.9 Å². The van der Waals surface area contributed by atoms with Crippen molar-refractivity contribution in [3.8, 4) is 0 Å². The highest BCUT2D eigenvalue weighted by molar-refractivity contribution is 7.91. The van der Waals surface area contributed by atoms with E-state index in [1.807, 2.05) is 20.8 Å². The fourth-order valence-corrected chi connectivity index (χ4v) is 6.39. The van der Waals surface area contributed by atoms with Crippen LogP contribution >= 0.6 is 0 Å². The van der Waals surface area contributed by atoms with Gasteiger partial charge >= 0.3 is 0 Å². The molecule has 1 aromatic carbocycles. The van der Waals surface area contributed by atoms with Gasteiger partial charge in [0.05, 0.1) is 35.1 Å². The monoisotopic (exact) mass is 632 g/mol. The summed E-state index contributed by atoms with van der Waals surface area (Å²) in [6.07, 6.45) is 0.688. The Labute approximate surface area is 261 Å². The molecule has 0 saturated carbocycles. The molecule has 5 N–H and O–H groups in total. The average Bonchev–Trinajstić information content (AvgIpc) is 2.98. The number of rotatable bonds is 18. The van der Waals surface area contributed by atoms with E-state index in [4.69, 9.17) is 0 Å². The Hall–Kier alpha value is -3.35. The van der Waals surface area contributed by atoms with E-state index < -0.39 is 63.5 Å². The zero-order valence-electron chi connectivity index (χ0n) is 26.3. The van der Waals surface area contributed by atoms with Gasteiger partial charge in [0.1, 0.15) is 12.1 Å². The molecule has 244 valence electrons. The van der Waals surface area contributed by atoms with E-state index in [2.05, 4.69) is 20.9 Å². The van der Waals surface area contributed by atoms with E-state index in [1.165, 1.54) is 24.5 Å². The number of aliphatic hydroxyl groups excluding tert-OH is 2. The van der Waals surface area contributed by atoms with Crippen molar-refractivity contribution in [2.45, 2.75) is 78.2 Å². The molecule has 0 radical (unpaired) electrons. The fourth-order valence-electron chi connectivity index (χ4n) is 4.76. The minimum absolute atomic E-state index is 0.0646. The van der Waals surface area contributed by atoms with Gasteiger partial charge in [-0.3, -0.25) is 19.4 Å². The zero-order valence-corrected chi connectivity index (χ0v) is 27.1. The third kappa shape index (κ3) is 12.0. The largest absolute Gasteiger partial charge is 0.390 e. The average molecular weight is 633 g/mol. The summed E-state index contributed by atoms with van der Waals surface area (Å²) in [4.78, 5) is 43.7. The molecule has 0 aliphatic heterocycles. The molecule has 12 heteroatoms. The van der Waals surface area contributed by atoms with Gasteiger partial charge in [0.25, 0.3) is 5.91 Å². The summed E-state index contributed by atoms with van der Waals surface area (Å²) in [6, 6.07) is 9.33. The lowest BCUT2D eigenvalue weighted by molar-refractivity contribution is -0.136. The maximum atomic E-state index is 13.7. The number of hydrogen-bond donors (Lipinski definition) is 5. The quantitative estimate of drug-likeness (QED) is 0.166. The molecular weight excluding hydrogens is 584 g/mol. The lowest BCUT2D eigenvalue weighted by Crippen LogP contribution is -2.59. The number of nitrogens with zero attached hydrogens (tertiary/aromatic N) is 1. The minimum atomic E-state index is -3.75.